The number of halogens is 2. The molecule has 1 aromatic rings. The van der Waals surface area contributed by atoms with Crippen LogP contribution in [0, 0.1) is 11.3 Å². The molecule has 0 saturated heterocycles. The van der Waals surface area contributed by atoms with E-state index in [4.69, 9.17) is 5.26 Å². The van der Waals surface area contributed by atoms with Gasteiger partial charge >= 0.3 is 5.97 Å². The highest BCUT2D eigenvalue weighted by Gasteiger charge is 2.23. The largest absolute Gasteiger partial charge is 0.465 e. The third-order valence-corrected chi connectivity index (χ3v) is 2.13. The van der Waals surface area contributed by atoms with Crippen molar-refractivity contribution in [3.05, 3.63) is 34.4 Å². The molecule has 17 heavy (non-hydrogen) atoms. The number of esters is 1. The number of methoxy groups -OCH3 is 1. The Morgan fingerprint density at radius 1 is 1.53 bits per heavy atom. The fraction of sp³-hybridized carbons (Fsp3) is 0.182. The number of aldehydes is 1. The lowest BCUT2D eigenvalue weighted by molar-refractivity contribution is 0.0597. The van der Waals surface area contributed by atoms with E-state index < -0.39 is 29.1 Å². The normalized spacial score (nSPS) is 9.82. The molecule has 0 fully saturated rings. The number of ether oxygens (including phenoxy) is 1. The summed E-state index contributed by atoms with van der Waals surface area (Å²) >= 11 is 0. The average molecular weight is 239 g/mol. The number of hydrogen-bond donors (Lipinski definition) is 0. The van der Waals surface area contributed by atoms with Crippen LogP contribution in [0.25, 0.3) is 0 Å². The van der Waals surface area contributed by atoms with E-state index in [0.29, 0.717) is 6.29 Å². The first-order valence-electron chi connectivity index (χ1n) is 4.45. The second-order valence-electron chi connectivity index (χ2n) is 3.02. The van der Waals surface area contributed by atoms with Crippen LogP contribution >= 0.6 is 0 Å². The number of rotatable bonds is 3. The number of nitrogens with zero attached hydrogens (tertiary/aromatic N) is 1. The van der Waals surface area contributed by atoms with Gasteiger partial charge in [0.25, 0.3) is 6.43 Å². The van der Waals surface area contributed by atoms with E-state index in [9.17, 15) is 18.4 Å². The number of carbonyl (C=O) groups excluding carboxylic acids is 2. The number of hydrogen-bond acceptors (Lipinski definition) is 4. The summed E-state index contributed by atoms with van der Waals surface area (Å²) in [5, 5.41) is 8.81. The summed E-state index contributed by atoms with van der Waals surface area (Å²) < 4.78 is 29.6. The monoisotopic (exact) mass is 239 g/mol. The van der Waals surface area contributed by atoms with Gasteiger partial charge in [-0.2, -0.15) is 5.26 Å². The fourth-order valence-corrected chi connectivity index (χ4v) is 1.36. The van der Waals surface area contributed by atoms with Crippen molar-refractivity contribution in [1.29, 1.82) is 5.26 Å². The molecule has 0 aromatic heterocycles. The van der Waals surface area contributed by atoms with Crippen molar-refractivity contribution in [2.24, 2.45) is 0 Å². The van der Waals surface area contributed by atoms with E-state index in [-0.39, 0.29) is 5.56 Å². The highest BCUT2D eigenvalue weighted by molar-refractivity contribution is 6.00. The molecule has 1 rings (SSSR count). The van der Waals surface area contributed by atoms with Gasteiger partial charge < -0.3 is 4.74 Å². The molecule has 4 nitrogen and oxygen atoms in total. The Hall–Kier alpha value is -2.29. The Balaban J connectivity index is 3.61. The highest BCUT2D eigenvalue weighted by Crippen LogP contribution is 2.27. The lowest BCUT2D eigenvalue weighted by Crippen LogP contribution is -2.10. The lowest BCUT2D eigenvalue weighted by atomic mass is 9.97. The van der Waals surface area contributed by atoms with Gasteiger partial charge in [-0.15, -0.1) is 0 Å². The third kappa shape index (κ3) is 2.28. The van der Waals surface area contributed by atoms with Gasteiger partial charge in [0.2, 0.25) is 0 Å². The molecule has 0 atom stereocenters. The molecule has 0 bridgehead atoms. The maximum absolute atomic E-state index is 12.6. The smallest absolute Gasteiger partial charge is 0.339 e. The summed E-state index contributed by atoms with van der Waals surface area (Å²) in [6.45, 7) is 0. The van der Waals surface area contributed by atoms with E-state index >= 15 is 0 Å². The third-order valence-electron chi connectivity index (χ3n) is 2.13. The summed E-state index contributed by atoms with van der Waals surface area (Å²) in [4.78, 5) is 22.1. The molecule has 0 saturated carbocycles. The number of carbonyl (C=O) groups is 2. The first-order chi connectivity index (χ1) is 8.06. The molecule has 1 aromatic carbocycles. The van der Waals surface area contributed by atoms with Gasteiger partial charge in [-0.1, -0.05) is 12.1 Å². The first-order valence-corrected chi connectivity index (χ1v) is 4.45. The van der Waals surface area contributed by atoms with E-state index in [1.54, 1.807) is 0 Å². The van der Waals surface area contributed by atoms with Crippen molar-refractivity contribution in [2.45, 2.75) is 6.43 Å². The standard InChI is InChI=1S/C11H7F2NO3/c1-17-11(16)9-6(5-15)2-3-7(10(12)13)8(9)4-14/h2-3,5,10H,1H3. The van der Waals surface area contributed by atoms with Crippen LogP contribution in [0.3, 0.4) is 0 Å². The second-order valence-corrected chi connectivity index (χ2v) is 3.02. The van der Waals surface area contributed by atoms with E-state index in [1.807, 2.05) is 0 Å². The number of nitriles is 1. The van der Waals surface area contributed by atoms with Gasteiger partial charge in [-0.05, 0) is 0 Å². The second kappa shape index (κ2) is 5.16. The summed E-state index contributed by atoms with van der Waals surface area (Å²) in [5.74, 6) is -0.994. The van der Waals surface area contributed by atoms with E-state index in [0.717, 1.165) is 19.2 Å². The Kier molecular flexibility index (Phi) is 3.88. The van der Waals surface area contributed by atoms with Crippen LogP contribution in [0.2, 0.25) is 0 Å². The van der Waals surface area contributed by atoms with Crippen molar-refractivity contribution in [1.82, 2.24) is 0 Å². The van der Waals surface area contributed by atoms with Gasteiger partial charge in [0, 0.05) is 11.1 Å². The van der Waals surface area contributed by atoms with Gasteiger partial charge in [-0.25, -0.2) is 13.6 Å². The van der Waals surface area contributed by atoms with Gasteiger partial charge in [-0.3, -0.25) is 4.79 Å². The Bertz CT molecular complexity index is 506. The quantitative estimate of drug-likeness (QED) is 0.598. The molecule has 0 amide bonds. The van der Waals surface area contributed by atoms with Crippen molar-refractivity contribution >= 4 is 12.3 Å². The molecular weight excluding hydrogens is 232 g/mol. The Morgan fingerprint density at radius 2 is 2.18 bits per heavy atom. The molecular formula is C11H7F2NO3. The molecule has 0 aliphatic heterocycles. The SMILES string of the molecule is COC(=O)c1c(C=O)ccc(C(F)F)c1C#N. The average Bonchev–Trinajstić information content (AvgIpc) is 2.35. The molecule has 0 N–H and O–H groups in total. The summed E-state index contributed by atoms with van der Waals surface area (Å²) in [7, 11) is 1.03. The minimum atomic E-state index is -2.91. The Labute approximate surface area is 95.4 Å². The van der Waals surface area contributed by atoms with Crippen LogP contribution in [-0.4, -0.2) is 19.4 Å². The van der Waals surface area contributed by atoms with Crippen LogP contribution in [0.1, 0.15) is 38.3 Å². The van der Waals surface area contributed by atoms with Crippen LogP contribution in [0.5, 0.6) is 0 Å². The molecule has 0 unspecified atom stereocenters. The number of alkyl halides is 2. The molecule has 0 spiro atoms. The van der Waals surface area contributed by atoms with Crippen molar-refractivity contribution < 1.29 is 23.1 Å². The maximum Gasteiger partial charge on any atom is 0.339 e. The van der Waals surface area contributed by atoms with Crippen LogP contribution in [0.15, 0.2) is 12.1 Å². The molecule has 0 heterocycles. The van der Waals surface area contributed by atoms with Gasteiger partial charge in [0.05, 0.1) is 18.2 Å². The first kappa shape index (κ1) is 12.8. The summed E-state index contributed by atoms with van der Waals surface area (Å²) in [6.07, 6.45) is -2.60. The minimum Gasteiger partial charge on any atom is -0.465 e. The predicted octanol–water partition coefficient (Wildman–Crippen LogP) is 2.09. The van der Waals surface area contributed by atoms with E-state index in [1.165, 1.54) is 6.07 Å². The maximum atomic E-state index is 12.6. The van der Waals surface area contributed by atoms with Gasteiger partial charge in [0.1, 0.15) is 6.07 Å². The zero-order valence-corrected chi connectivity index (χ0v) is 8.74. The number of benzene rings is 1. The Morgan fingerprint density at radius 3 is 2.59 bits per heavy atom. The van der Waals surface area contributed by atoms with Crippen LogP contribution in [-0.2, 0) is 4.74 Å². The molecule has 0 aliphatic carbocycles. The highest BCUT2D eigenvalue weighted by atomic mass is 19.3. The van der Waals surface area contributed by atoms with E-state index in [2.05, 4.69) is 4.74 Å². The zero-order valence-electron chi connectivity index (χ0n) is 8.74. The molecule has 0 radical (unpaired) electrons. The van der Waals surface area contributed by atoms with Crippen molar-refractivity contribution in [3.8, 4) is 6.07 Å². The molecule has 6 heteroatoms. The fourth-order valence-electron chi connectivity index (χ4n) is 1.36. The van der Waals surface area contributed by atoms with Crippen molar-refractivity contribution in [2.75, 3.05) is 7.11 Å². The van der Waals surface area contributed by atoms with Crippen molar-refractivity contribution in [3.63, 3.8) is 0 Å². The van der Waals surface area contributed by atoms with Crippen LogP contribution in [0.4, 0.5) is 8.78 Å². The summed E-state index contributed by atoms with van der Waals surface area (Å²) in [5.41, 5.74) is -1.71. The molecule has 88 valence electrons. The summed E-state index contributed by atoms with van der Waals surface area (Å²) in [6, 6.07) is 3.50. The van der Waals surface area contributed by atoms with Gasteiger partial charge in [0.15, 0.2) is 6.29 Å². The van der Waals surface area contributed by atoms with Crippen LogP contribution < -0.4 is 0 Å². The topological polar surface area (TPSA) is 67.2 Å². The zero-order chi connectivity index (χ0) is 13.0. The lowest BCUT2D eigenvalue weighted by Gasteiger charge is -2.09. The predicted molar refractivity (Wildman–Crippen MR) is 52.8 cm³/mol. The molecule has 0 aliphatic rings. The minimum absolute atomic E-state index is 0.155.